The molecule has 0 spiro atoms. The van der Waals surface area contributed by atoms with Gasteiger partial charge in [-0.25, -0.2) is 9.97 Å². The normalized spacial score (nSPS) is 24.3. The van der Waals surface area contributed by atoms with E-state index >= 15 is 0 Å². The fraction of sp³-hybridized carbons (Fsp3) is 0.538. The number of nitrogen functional groups attached to an aromatic ring is 1. The van der Waals surface area contributed by atoms with Crippen LogP contribution in [0.3, 0.4) is 0 Å². The summed E-state index contributed by atoms with van der Waals surface area (Å²) in [6.45, 7) is 4.57. The zero-order chi connectivity index (χ0) is 13.4. The minimum Gasteiger partial charge on any atom is -0.391 e. The molecule has 0 aliphatic carbocycles. The first-order valence-corrected chi connectivity index (χ1v) is 6.66. The van der Waals surface area contributed by atoms with Crippen LogP contribution in [0.4, 0.5) is 5.82 Å². The van der Waals surface area contributed by atoms with Gasteiger partial charge in [-0.15, -0.1) is 0 Å². The number of aliphatic hydroxyl groups excluding tert-OH is 1. The van der Waals surface area contributed by atoms with Gasteiger partial charge >= 0.3 is 0 Å². The molecule has 1 aliphatic heterocycles. The molecule has 6 nitrogen and oxygen atoms in total. The van der Waals surface area contributed by atoms with Crippen LogP contribution in [-0.4, -0.2) is 44.2 Å². The van der Waals surface area contributed by atoms with E-state index in [0.717, 1.165) is 42.7 Å². The summed E-state index contributed by atoms with van der Waals surface area (Å²) >= 11 is 0. The monoisotopic (exact) mass is 261 g/mol. The number of nitrogens with two attached hydrogens (primary N) is 1. The Kier molecular flexibility index (Phi) is 3.12. The number of hydrogen-bond donors (Lipinski definition) is 3. The average molecular weight is 261 g/mol. The molecule has 1 unspecified atom stereocenters. The van der Waals surface area contributed by atoms with Crippen molar-refractivity contribution in [2.24, 2.45) is 5.92 Å². The van der Waals surface area contributed by atoms with E-state index in [1.54, 1.807) is 0 Å². The van der Waals surface area contributed by atoms with E-state index in [0.29, 0.717) is 11.7 Å². The number of hydrogen-bond acceptors (Lipinski definition) is 5. The third-order valence-electron chi connectivity index (χ3n) is 3.97. The highest BCUT2D eigenvalue weighted by Crippen LogP contribution is 2.25. The van der Waals surface area contributed by atoms with Crippen LogP contribution in [0.15, 0.2) is 12.5 Å². The van der Waals surface area contributed by atoms with Crippen molar-refractivity contribution in [3.05, 3.63) is 18.1 Å². The number of β-amino-alcohol motifs (C(OH)–C–C–N with tert-alkyl or cyclic N) is 1. The largest absolute Gasteiger partial charge is 0.391 e. The molecule has 0 radical (unpaired) electrons. The second kappa shape index (κ2) is 4.79. The van der Waals surface area contributed by atoms with Crippen LogP contribution < -0.4 is 5.73 Å². The van der Waals surface area contributed by atoms with Crippen molar-refractivity contribution in [2.75, 3.05) is 18.8 Å². The van der Waals surface area contributed by atoms with Crippen LogP contribution in [0.25, 0.3) is 11.0 Å². The highest BCUT2D eigenvalue weighted by molar-refractivity contribution is 5.86. The Morgan fingerprint density at radius 1 is 1.47 bits per heavy atom. The highest BCUT2D eigenvalue weighted by atomic mass is 16.3. The number of likely N-dealkylation sites (tertiary alicyclic amines) is 1. The molecule has 1 fully saturated rings. The standard InChI is InChI=1S/C13H19N5O/c1-2-8-4-18(6-10(8)19)5-9-3-15-12-11(9)16-7-17-13(12)14/h3,7-8,10,15,19H,2,4-6H2,1H3,(H2,14,16,17)/t8-,10?/m0/s1. The molecule has 0 saturated carbocycles. The molecule has 0 aromatic carbocycles. The second-order valence-corrected chi connectivity index (χ2v) is 5.23. The first-order valence-electron chi connectivity index (χ1n) is 6.66. The number of aromatic amines is 1. The van der Waals surface area contributed by atoms with Gasteiger partial charge in [-0.3, -0.25) is 4.90 Å². The zero-order valence-electron chi connectivity index (χ0n) is 11.0. The van der Waals surface area contributed by atoms with Crippen molar-refractivity contribution in [2.45, 2.75) is 26.0 Å². The number of aromatic nitrogens is 3. The van der Waals surface area contributed by atoms with Crippen LogP contribution in [0, 0.1) is 5.92 Å². The summed E-state index contributed by atoms with van der Waals surface area (Å²) < 4.78 is 0. The lowest BCUT2D eigenvalue weighted by Gasteiger charge is -2.14. The van der Waals surface area contributed by atoms with Gasteiger partial charge in [-0.1, -0.05) is 6.92 Å². The van der Waals surface area contributed by atoms with E-state index < -0.39 is 0 Å². The summed E-state index contributed by atoms with van der Waals surface area (Å²) in [5.41, 5.74) is 8.58. The lowest BCUT2D eigenvalue weighted by molar-refractivity contribution is 0.139. The number of aliphatic hydroxyl groups is 1. The Labute approximate surface area is 111 Å². The zero-order valence-corrected chi connectivity index (χ0v) is 11.0. The number of H-pyrrole nitrogens is 1. The van der Waals surface area contributed by atoms with Crippen LogP contribution in [0.2, 0.25) is 0 Å². The van der Waals surface area contributed by atoms with Gasteiger partial charge in [-0.05, 0) is 12.3 Å². The van der Waals surface area contributed by atoms with Crippen LogP contribution >= 0.6 is 0 Å². The molecule has 102 valence electrons. The summed E-state index contributed by atoms with van der Waals surface area (Å²) in [6.07, 6.45) is 4.22. The summed E-state index contributed by atoms with van der Waals surface area (Å²) in [4.78, 5) is 13.7. The highest BCUT2D eigenvalue weighted by Gasteiger charge is 2.30. The number of anilines is 1. The molecule has 1 saturated heterocycles. The van der Waals surface area contributed by atoms with Gasteiger partial charge in [-0.2, -0.15) is 0 Å². The molecule has 0 amide bonds. The average Bonchev–Trinajstić information content (AvgIpc) is 2.95. The van der Waals surface area contributed by atoms with Gasteiger partial charge in [0.05, 0.1) is 11.6 Å². The van der Waals surface area contributed by atoms with Gasteiger partial charge in [0.25, 0.3) is 0 Å². The van der Waals surface area contributed by atoms with Gasteiger partial charge in [0, 0.05) is 31.4 Å². The van der Waals surface area contributed by atoms with Crippen molar-refractivity contribution in [1.82, 2.24) is 19.9 Å². The molecule has 1 aliphatic rings. The summed E-state index contributed by atoms with van der Waals surface area (Å²) in [6, 6.07) is 0. The Morgan fingerprint density at radius 3 is 3.05 bits per heavy atom. The van der Waals surface area contributed by atoms with Crippen LogP contribution in [-0.2, 0) is 6.54 Å². The smallest absolute Gasteiger partial charge is 0.151 e. The predicted molar refractivity (Wildman–Crippen MR) is 73.4 cm³/mol. The number of nitrogens with one attached hydrogen (secondary N) is 1. The van der Waals surface area contributed by atoms with E-state index in [4.69, 9.17) is 5.73 Å². The first-order chi connectivity index (χ1) is 9.19. The fourth-order valence-electron chi connectivity index (χ4n) is 2.85. The molecule has 2 aromatic heterocycles. The van der Waals surface area contributed by atoms with E-state index in [1.807, 2.05) is 6.20 Å². The first kappa shape index (κ1) is 12.4. The topological polar surface area (TPSA) is 91.1 Å². The van der Waals surface area contributed by atoms with Crippen molar-refractivity contribution < 1.29 is 5.11 Å². The molecule has 6 heteroatoms. The van der Waals surface area contributed by atoms with E-state index in [2.05, 4.69) is 26.8 Å². The third-order valence-corrected chi connectivity index (χ3v) is 3.97. The summed E-state index contributed by atoms with van der Waals surface area (Å²) in [7, 11) is 0. The molecule has 0 bridgehead atoms. The summed E-state index contributed by atoms with van der Waals surface area (Å²) in [5, 5.41) is 9.95. The van der Waals surface area contributed by atoms with E-state index in [9.17, 15) is 5.11 Å². The maximum absolute atomic E-state index is 9.95. The maximum Gasteiger partial charge on any atom is 0.151 e. The third kappa shape index (κ3) is 2.17. The number of fused-ring (bicyclic) bond motifs is 1. The van der Waals surface area contributed by atoms with Crippen LogP contribution in [0.1, 0.15) is 18.9 Å². The van der Waals surface area contributed by atoms with E-state index in [-0.39, 0.29) is 6.10 Å². The molecule has 3 rings (SSSR count). The Bertz CT molecular complexity index is 581. The van der Waals surface area contributed by atoms with Crippen molar-refractivity contribution in [3.8, 4) is 0 Å². The number of nitrogens with zero attached hydrogens (tertiary/aromatic N) is 3. The van der Waals surface area contributed by atoms with Crippen molar-refractivity contribution in [3.63, 3.8) is 0 Å². The van der Waals surface area contributed by atoms with Crippen molar-refractivity contribution >= 4 is 16.9 Å². The SMILES string of the molecule is CC[C@H]1CN(Cc2c[nH]c3c(N)ncnc23)CC1O. The second-order valence-electron chi connectivity index (χ2n) is 5.23. The van der Waals surface area contributed by atoms with Gasteiger partial charge in [0.2, 0.25) is 0 Å². The predicted octanol–water partition coefficient (Wildman–Crippen LogP) is 0.743. The maximum atomic E-state index is 9.95. The van der Waals surface area contributed by atoms with Gasteiger partial charge < -0.3 is 15.8 Å². The Morgan fingerprint density at radius 2 is 2.32 bits per heavy atom. The fourth-order valence-corrected chi connectivity index (χ4v) is 2.85. The van der Waals surface area contributed by atoms with Crippen LogP contribution in [0.5, 0.6) is 0 Å². The molecular formula is C13H19N5O. The minimum absolute atomic E-state index is 0.213. The number of rotatable bonds is 3. The van der Waals surface area contributed by atoms with Gasteiger partial charge in [0.15, 0.2) is 5.82 Å². The Balaban J connectivity index is 1.81. The molecule has 2 atom stereocenters. The lowest BCUT2D eigenvalue weighted by atomic mass is 10.0. The van der Waals surface area contributed by atoms with E-state index in [1.165, 1.54) is 6.33 Å². The molecule has 2 aromatic rings. The Hall–Kier alpha value is -1.66. The minimum atomic E-state index is -0.213. The lowest BCUT2D eigenvalue weighted by Crippen LogP contribution is -2.21. The summed E-state index contributed by atoms with van der Waals surface area (Å²) in [5.74, 6) is 0.856. The molecule has 19 heavy (non-hydrogen) atoms. The van der Waals surface area contributed by atoms with Crippen molar-refractivity contribution in [1.29, 1.82) is 0 Å². The van der Waals surface area contributed by atoms with Gasteiger partial charge in [0.1, 0.15) is 11.8 Å². The quantitative estimate of drug-likeness (QED) is 0.758. The molecular weight excluding hydrogens is 242 g/mol. The molecule has 4 N–H and O–H groups in total. The molecule has 3 heterocycles.